The number of nitrogens with zero attached hydrogens (tertiary/aromatic N) is 1. The maximum absolute atomic E-state index is 14.0. The van der Waals surface area contributed by atoms with Crippen molar-refractivity contribution in [2.24, 2.45) is 0 Å². The van der Waals surface area contributed by atoms with Gasteiger partial charge in [0.25, 0.3) is 0 Å². The fraction of sp³-hybridized carbons (Fsp3) is 0.278. The molecule has 0 aromatic heterocycles. The molecule has 2 aromatic carbocycles. The van der Waals surface area contributed by atoms with E-state index in [2.05, 4.69) is 0 Å². The van der Waals surface area contributed by atoms with Gasteiger partial charge in [0, 0.05) is 21.5 Å². The molecule has 0 saturated heterocycles. The Bertz CT molecular complexity index is 778. The third-order valence-corrected chi connectivity index (χ3v) is 5.28. The molecule has 3 rings (SSSR count). The third-order valence-electron chi connectivity index (χ3n) is 3.95. The van der Waals surface area contributed by atoms with Gasteiger partial charge < -0.3 is 4.90 Å². The Morgan fingerprint density at radius 2 is 1.88 bits per heavy atom. The summed E-state index contributed by atoms with van der Waals surface area (Å²) in [6.07, 6.45) is 1.74. The number of hydrogen-bond donors (Lipinski definition) is 0. The standard InChI is InChI=1S/C18H15ClF3NOS/c19-14-2-1-3-15(20)13(14)9-23(11-4-5-11)18(24)10-25-12-6-7-16(21)17(22)8-12/h1-3,6-8,11H,4-5,9-10H2. The van der Waals surface area contributed by atoms with Gasteiger partial charge in [-0.15, -0.1) is 11.8 Å². The zero-order valence-corrected chi connectivity index (χ0v) is 14.7. The quantitative estimate of drug-likeness (QED) is 0.649. The highest BCUT2D eigenvalue weighted by Crippen LogP contribution is 2.32. The van der Waals surface area contributed by atoms with Crippen LogP contribution < -0.4 is 0 Å². The van der Waals surface area contributed by atoms with Gasteiger partial charge in [-0.1, -0.05) is 17.7 Å². The van der Waals surface area contributed by atoms with Crippen molar-refractivity contribution >= 4 is 29.3 Å². The van der Waals surface area contributed by atoms with E-state index in [9.17, 15) is 18.0 Å². The number of thioether (sulfide) groups is 1. The van der Waals surface area contributed by atoms with E-state index >= 15 is 0 Å². The molecule has 132 valence electrons. The number of carbonyl (C=O) groups excluding carboxylic acids is 1. The molecule has 1 fully saturated rings. The molecule has 0 unspecified atom stereocenters. The summed E-state index contributed by atoms with van der Waals surface area (Å²) >= 11 is 7.17. The zero-order valence-electron chi connectivity index (χ0n) is 13.1. The maximum Gasteiger partial charge on any atom is 0.233 e. The molecule has 2 aromatic rings. The predicted octanol–water partition coefficient (Wildman–Crippen LogP) is 5.04. The van der Waals surface area contributed by atoms with Crippen LogP contribution in [-0.2, 0) is 11.3 Å². The fourth-order valence-corrected chi connectivity index (χ4v) is 3.49. The number of benzene rings is 2. The number of carbonyl (C=O) groups is 1. The molecule has 25 heavy (non-hydrogen) atoms. The summed E-state index contributed by atoms with van der Waals surface area (Å²) in [4.78, 5) is 14.6. The van der Waals surface area contributed by atoms with Gasteiger partial charge in [-0.05, 0) is 43.2 Å². The van der Waals surface area contributed by atoms with Gasteiger partial charge in [-0.25, -0.2) is 13.2 Å². The van der Waals surface area contributed by atoms with Gasteiger partial charge in [0.05, 0.1) is 12.3 Å². The molecular weight excluding hydrogens is 371 g/mol. The lowest BCUT2D eigenvalue weighted by molar-refractivity contribution is -0.129. The molecule has 0 bridgehead atoms. The minimum Gasteiger partial charge on any atom is -0.334 e. The Hall–Kier alpha value is -1.66. The highest BCUT2D eigenvalue weighted by Gasteiger charge is 2.33. The normalized spacial score (nSPS) is 13.8. The highest BCUT2D eigenvalue weighted by molar-refractivity contribution is 8.00. The van der Waals surface area contributed by atoms with E-state index in [1.807, 2.05) is 0 Å². The van der Waals surface area contributed by atoms with E-state index in [1.54, 1.807) is 11.0 Å². The van der Waals surface area contributed by atoms with Crippen LogP contribution in [0.4, 0.5) is 13.2 Å². The number of rotatable bonds is 6. The lowest BCUT2D eigenvalue weighted by Gasteiger charge is -2.23. The van der Waals surface area contributed by atoms with Crippen LogP contribution >= 0.6 is 23.4 Å². The number of hydrogen-bond acceptors (Lipinski definition) is 2. The Balaban J connectivity index is 1.68. The molecule has 2 nitrogen and oxygen atoms in total. The van der Waals surface area contributed by atoms with Gasteiger partial charge in [0.1, 0.15) is 5.82 Å². The van der Waals surface area contributed by atoms with Crippen LogP contribution in [0, 0.1) is 17.5 Å². The average Bonchev–Trinajstić information content (AvgIpc) is 3.40. The van der Waals surface area contributed by atoms with Crippen LogP contribution in [0.5, 0.6) is 0 Å². The van der Waals surface area contributed by atoms with Crippen LogP contribution in [0.3, 0.4) is 0 Å². The molecule has 7 heteroatoms. The zero-order chi connectivity index (χ0) is 18.0. The van der Waals surface area contributed by atoms with Gasteiger partial charge >= 0.3 is 0 Å². The number of amides is 1. The Morgan fingerprint density at radius 1 is 1.12 bits per heavy atom. The van der Waals surface area contributed by atoms with E-state index in [0.717, 1.165) is 36.7 Å². The van der Waals surface area contributed by atoms with Crippen LogP contribution in [0.25, 0.3) is 0 Å². The van der Waals surface area contributed by atoms with Crippen LogP contribution in [-0.4, -0.2) is 22.6 Å². The first-order valence-corrected chi connectivity index (χ1v) is 9.12. The second-order valence-electron chi connectivity index (χ2n) is 5.82. The van der Waals surface area contributed by atoms with Crippen LogP contribution in [0.15, 0.2) is 41.3 Å². The lowest BCUT2D eigenvalue weighted by Crippen LogP contribution is -2.34. The van der Waals surface area contributed by atoms with E-state index in [0.29, 0.717) is 10.5 Å². The second-order valence-corrected chi connectivity index (χ2v) is 7.27. The van der Waals surface area contributed by atoms with Crippen LogP contribution in [0.1, 0.15) is 18.4 Å². The lowest BCUT2D eigenvalue weighted by atomic mass is 10.2. The van der Waals surface area contributed by atoms with Crippen molar-refractivity contribution in [3.8, 4) is 0 Å². The summed E-state index contributed by atoms with van der Waals surface area (Å²) in [5, 5.41) is 0.284. The highest BCUT2D eigenvalue weighted by atomic mass is 35.5. The predicted molar refractivity (Wildman–Crippen MR) is 92.1 cm³/mol. The van der Waals surface area contributed by atoms with Crippen molar-refractivity contribution in [1.82, 2.24) is 4.90 Å². The first kappa shape index (κ1) is 18.1. The summed E-state index contributed by atoms with van der Waals surface area (Å²) in [6.45, 7) is 0.105. The summed E-state index contributed by atoms with van der Waals surface area (Å²) in [5.41, 5.74) is 0.294. The van der Waals surface area contributed by atoms with Crippen molar-refractivity contribution < 1.29 is 18.0 Å². The fourth-order valence-electron chi connectivity index (χ4n) is 2.46. The van der Waals surface area contributed by atoms with Crippen molar-refractivity contribution in [3.63, 3.8) is 0 Å². The molecule has 0 aliphatic heterocycles. The molecule has 0 atom stereocenters. The molecule has 0 spiro atoms. The second kappa shape index (κ2) is 7.70. The Morgan fingerprint density at radius 3 is 2.52 bits per heavy atom. The molecule has 1 saturated carbocycles. The SMILES string of the molecule is O=C(CSc1ccc(F)c(F)c1)N(Cc1c(F)cccc1Cl)C1CC1. The monoisotopic (exact) mass is 385 g/mol. The van der Waals surface area contributed by atoms with E-state index in [1.165, 1.54) is 18.2 Å². The summed E-state index contributed by atoms with van der Waals surface area (Å²) in [7, 11) is 0. The third kappa shape index (κ3) is 4.50. The van der Waals surface area contributed by atoms with Gasteiger partial charge in [0.2, 0.25) is 5.91 Å². The van der Waals surface area contributed by atoms with E-state index in [4.69, 9.17) is 11.6 Å². The maximum atomic E-state index is 14.0. The summed E-state index contributed by atoms with van der Waals surface area (Å²) in [6, 6.07) is 8.00. The van der Waals surface area contributed by atoms with Gasteiger partial charge in [-0.2, -0.15) is 0 Å². The summed E-state index contributed by atoms with van der Waals surface area (Å²) in [5.74, 6) is -2.44. The topological polar surface area (TPSA) is 20.3 Å². The van der Waals surface area contributed by atoms with Crippen LogP contribution in [0.2, 0.25) is 5.02 Å². The first-order chi connectivity index (χ1) is 12.0. The van der Waals surface area contributed by atoms with Crippen molar-refractivity contribution in [2.75, 3.05) is 5.75 Å². The molecule has 0 radical (unpaired) electrons. The largest absolute Gasteiger partial charge is 0.334 e. The minimum absolute atomic E-state index is 0.0631. The van der Waals surface area contributed by atoms with Gasteiger partial charge in [0.15, 0.2) is 11.6 Å². The smallest absolute Gasteiger partial charge is 0.233 e. The van der Waals surface area contributed by atoms with Gasteiger partial charge in [-0.3, -0.25) is 4.79 Å². The minimum atomic E-state index is -0.949. The molecule has 1 amide bonds. The molecule has 0 N–H and O–H groups in total. The molecule has 1 aliphatic carbocycles. The van der Waals surface area contributed by atoms with Crippen molar-refractivity contribution in [1.29, 1.82) is 0 Å². The van der Waals surface area contributed by atoms with Crippen molar-refractivity contribution in [3.05, 3.63) is 64.4 Å². The number of halogens is 4. The summed E-state index contributed by atoms with van der Waals surface area (Å²) < 4.78 is 40.2. The molecule has 0 heterocycles. The average molecular weight is 386 g/mol. The van der Waals surface area contributed by atoms with E-state index in [-0.39, 0.29) is 29.3 Å². The van der Waals surface area contributed by atoms with Crippen molar-refractivity contribution in [2.45, 2.75) is 30.3 Å². The Labute approximate surface area is 153 Å². The Kier molecular flexibility index (Phi) is 5.59. The van der Waals surface area contributed by atoms with E-state index < -0.39 is 17.5 Å². The molecular formula is C18H15ClF3NOS. The molecule has 1 aliphatic rings. The first-order valence-electron chi connectivity index (χ1n) is 7.76.